The minimum absolute atomic E-state index is 0.0553. The van der Waals surface area contributed by atoms with Crippen LogP contribution in [-0.2, 0) is 0 Å². The zero-order valence-electron chi connectivity index (χ0n) is 10.3. The average Bonchev–Trinajstić information content (AvgIpc) is 2.35. The van der Waals surface area contributed by atoms with E-state index >= 15 is 0 Å². The number of aliphatic hydroxyl groups excluding tert-OH is 1. The van der Waals surface area contributed by atoms with E-state index in [9.17, 15) is 13.2 Å². The minimum Gasteiger partial charge on any atom is -0.395 e. The molecule has 0 bridgehead atoms. The van der Waals surface area contributed by atoms with Gasteiger partial charge in [-0.25, -0.2) is 0 Å². The van der Waals surface area contributed by atoms with Gasteiger partial charge in [-0.05, 0) is 17.8 Å². The third-order valence-corrected chi connectivity index (χ3v) is 2.94. The maximum Gasteiger partial charge on any atom is 0.412 e. The monoisotopic (exact) mass is 292 g/mol. The number of halogens is 3. The summed E-state index contributed by atoms with van der Waals surface area (Å²) >= 11 is 4.89. The summed E-state index contributed by atoms with van der Waals surface area (Å²) < 4.78 is 39.1. The SMILES string of the molecule is CN(CCO)C(=S)NC(c1ccccc1)C(F)(F)F. The van der Waals surface area contributed by atoms with Crippen LogP contribution in [0.4, 0.5) is 13.2 Å². The summed E-state index contributed by atoms with van der Waals surface area (Å²) in [7, 11) is 1.52. The molecule has 0 aromatic heterocycles. The van der Waals surface area contributed by atoms with Crippen LogP contribution in [0, 0.1) is 0 Å². The standard InChI is InChI=1S/C12H15F3N2OS/c1-17(7-8-18)11(19)16-10(12(13,14)15)9-5-3-2-4-6-9/h2-6,10,18H,7-8H2,1H3,(H,16,19). The Balaban J connectivity index is 2.86. The number of rotatable bonds is 4. The molecule has 0 saturated carbocycles. The van der Waals surface area contributed by atoms with Gasteiger partial charge < -0.3 is 15.3 Å². The molecule has 0 spiro atoms. The molecule has 1 aromatic rings. The maximum atomic E-state index is 13.0. The fourth-order valence-corrected chi connectivity index (χ4v) is 1.69. The Morgan fingerprint density at radius 3 is 2.42 bits per heavy atom. The highest BCUT2D eigenvalue weighted by molar-refractivity contribution is 7.80. The summed E-state index contributed by atoms with van der Waals surface area (Å²) in [6.45, 7) is -0.00839. The third kappa shape index (κ3) is 4.68. The molecule has 1 rings (SSSR count). The average molecular weight is 292 g/mol. The Labute approximate surface area is 115 Å². The zero-order chi connectivity index (χ0) is 14.5. The van der Waals surface area contributed by atoms with E-state index in [1.807, 2.05) is 0 Å². The predicted octanol–water partition coefficient (Wildman–Crippen LogP) is 2.09. The number of thiocarbonyl (C=S) groups is 1. The quantitative estimate of drug-likeness (QED) is 0.833. The van der Waals surface area contributed by atoms with E-state index < -0.39 is 12.2 Å². The van der Waals surface area contributed by atoms with Gasteiger partial charge in [-0.15, -0.1) is 0 Å². The van der Waals surface area contributed by atoms with E-state index in [1.54, 1.807) is 6.07 Å². The molecule has 0 amide bonds. The van der Waals surface area contributed by atoms with Crippen LogP contribution in [0.15, 0.2) is 30.3 Å². The molecule has 0 heterocycles. The maximum absolute atomic E-state index is 13.0. The van der Waals surface area contributed by atoms with E-state index in [4.69, 9.17) is 17.3 Å². The summed E-state index contributed by atoms with van der Waals surface area (Å²) in [6, 6.07) is 5.64. The number of aliphatic hydroxyl groups is 1. The van der Waals surface area contributed by atoms with Gasteiger partial charge in [0.1, 0.15) is 6.04 Å². The van der Waals surface area contributed by atoms with Gasteiger partial charge in [0.05, 0.1) is 6.61 Å². The number of nitrogens with one attached hydrogen (secondary N) is 1. The van der Waals surface area contributed by atoms with Crippen molar-refractivity contribution in [3.05, 3.63) is 35.9 Å². The molecule has 2 N–H and O–H groups in total. The van der Waals surface area contributed by atoms with E-state index in [0.29, 0.717) is 0 Å². The second-order valence-electron chi connectivity index (χ2n) is 3.98. The number of likely N-dealkylation sites (N-methyl/N-ethyl adjacent to an activating group) is 1. The topological polar surface area (TPSA) is 35.5 Å². The minimum atomic E-state index is -4.45. The molecule has 0 saturated heterocycles. The first-order valence-electron chi connectivity index (χ1n) is 5.60. The van der Waals surface area contributed by atoms with Gasteiger partial charge in [0.15, 0.2) is 5.11 Å². The van der Waals surface area contributed by atoms with Crippen LogP contribution in [0.1, 0.15) is 11.6 Å². The van der Waals surface area contributed by atoms with Gasteiger partial charge in [-0.2, -0.15) is 13.2 Å². The summed E-state index contributed by atoms with van der Waals surface area (Å²) in [6.07, 6.45) is -4.45. The fraction of sp³-hybridized carbons (Fsp3) is 0.417. The van der Waals surface area contributed by atoms with Gasteiger partial charge in [0.2, 0.25) is 0 Å². The van der Waals surface area contributed by atoms with E-state index in [2.05, 4.69) is 5.32 Å². The lowest BCUT2D eigenvalue weighted by molar-refractivity contribution is -0.154. The van der Waals surface area contributed by atoms with Gasteiger partial charge in [0, 0.05) is 13.6 Å². The number of hydrogen-bond acceptors (Lipinski definition) is 2. The van der Waals surface area contributed by atoms with Crippen molar-refractivity contribution in [2.24, 2.45) is 0 Å². The summed E-state index contributed by atoms with van der Waals surface area (Å²) in [5.74, 6) is 0. The third-order valence-electron chi connectivity index (χ3n) is 2.51. The van der Waals surface area contributed by atoms with Crippen LogP contribution in [0.25, 0.3) is 0 Å². The Kier molecular flexibility index (Phi) is 5.56. The lowest BCUT2D eigenvalue weighted by Gasteiger charge is -2.27. The second kappa shape index (κ2) is 6.72. The van der Waals surface area contributed by atoms with Gasteiger partial charge >= 0.3 is 6.18 Å². The lowest BCUT2D eigenvalue weighted by Crippen LogP contribution is -2.44. The largest absolute Gasteiger partial charge is 0.412 e. The molecule has 1 unspecified atom stereocenters. The highest BCUT2D eigenvalue weighted by Gasteiger charge is 2.41. The van der Waals surface area contributed by atoms with Crippen LogP contribution in [-0.4, -0.2) is 41.5 Å². The molecule has 0 aliphatic heterocycles. The summed E-state index contributed by atoms with van der Waals surface area (Å²) in [5.41, 5.74) is 0.0924. The Bertz CT molecular complexity index is 411. The Morgan fingerprint density at radius 1 is 1.37 bits per heavy atom. The van der Waals surface area contributed by atoms with Crippen molar-refractivity contribution in [3.8, 4) is 0 Å². The molecule has 0 aliphatic carbocycles. The first kappa shape index (κ1) is 15.7. The number of hydrogen-bond donors (Lipinski definition) is 2. The van der Waals surface area contributed by atoms with E-state index in [0.717, 1.165) is 0 Å². The van der Waals surface area contributed by atoms with E-state index in [-0.39, 0.29) is 23.8 Å². The van der Waals surface area contributed by atoms with Crippen molar-refractivity contribution in [1.29, 1.82) is 0 Å². The van der Waals surface area contributed by atoms with Gasteiger partial charge in [-0.3, -0.25) is 0 Å². The van der Waals surface area contributed by atoms with Gasteiger partial charge in [-0.1, -0.05) is 30.3 Å². The Morgan fingerprint density at radius 2 is 1.95 bits per heavy atom. The smallest absolute Gasteiger partial charge is 0.395 e. The Hall–Kier alpha value is -1.34. The number of nitrogens with zero attached hydrogens (tertiary/aromatic N) is 1. The van der Waals surface area contributed by atoms with Crippen LogP contribution >= 0.6 is 12.2 Å². The molecule has 1 aromatic carbocycles. The van der Waals surface area contributed by atoms with Crippen LogP contribution in [0.2, 0.25) is 0 Å². The van der Waals surface area contributed by atoms with E-state index in [1.165, 1.54) is 36.2 Å². The van der Waals surface area contributed by atoms with Crippen LogP contribution < -0.4 is 5.32 Å². The van der Waals surface area contributed by atoms with Crippen molar-refractivity contribution in [2.75, 3.05) is 20.2 Å². The van der Waals surface area contributed by atoms with Crippen molar-refractivity contribution >= 4 is 17.3 Å². The number of alkyl halides is 3. The lowest BCUT2D eigenvalue weighted by atomic mass is 10.1. The van der Waals surface area contributed by atoms with Crippen molar-refractivity contribution in [3.63, 3.8) is 0 Å². The molecular formula is C12H15F3N2OS. The first-order chi connectivity index (χ1) is 8.86. The zero-order valence-corrected chi connectivity index (χ0v) is 11.1. The molecule has 19 heavy (non-hydrogen) atoms. The summed E-state index contributed by atoms with van der Waals surface area (Å²) in [4.78, 5) is 1.36. The second-order valence-corrected chi connectivity index (χ2v) is 4.37. The predicted molar refractivity (Wildman–Crippen MR) is 70.7 cm³/mol. The van der Waals surface area contributed by atoms with Crippen molar-refractivity contribution in [2.45, 2.75) is 12.2 Å². The normalized spacial score (nSPS) is 12.9. The van der Waals surface area contributed by atoms with Crippen LogP contribution in [0.3, 0.4) is 0 Å². The molecule has 0 aliphatic rings. The first-order valence-corrected chi connectivity index (χ1v) is 6.01. The molecule has 0 radical (unpaired) electrons. The molecule has 1 atom stereocenters. The molecule has 0 fully saturated rings. The highest BCUT2D eigenvalue weighted by atomic mass is 32.1. The molecular weight excluding hydrogens is 277 g/mol. The molecule has 7 heteroatoms. The fourth-order valence-electron chi connectivity index (χ4n) is 1.48. The van der Waals surface area contributed by atoms with Crippen LogP contribution in [0.5, 0.6) is 0 Å². The van der Waals surface area contributed by atoms with Gasteiger partial charge in [0.25, 0.3) is 0 Å². The highest BCUT2D eigenvalue weighted by Crippen LogP contribution is 2.32. The molecule has 106 valence electrons. The molecule has 3 nitrogen and oxygen atoms in total. The number of benzene rings is 1. The summed E-state index contributed by atoms with van der Waals surface area (Å²) in [5, 5.41) is 11.0. The van der Waals surface area contributed by atoms with Crippen molar-refractivity contribution < 1.29 is 18.3 Å². The van der Waals surface area contributed by atoms with Crippen molar-refractivity contribution in [1.82, 2.24) is 10.2 Å².